The normalized spacial score (nSPS) is 18.1. The molecule has 3 rings (SSSR count). The SMILES string of the molecule is O=C(CCc1cccc(C2CCCNC2)n1)Nc1nccs1. The molecule has 0 saturated carbocycles. The molecule has 1 fully saturated rings. The predicted molar refractivity (Wildman–Crippen MR) is 88.1 cm³/mol. The van der Waals surface area contributed by atoms with E-state index in [1.807, 2.05) is 17.5 Å². The molecular formula is C16H20N4OS. The number of hydrogen-bond donors (Lipinski definition) is 2. The summed E-state index contributed by atoms with van der Waals surface area (Å²) in [7, 11) is 0. The van der Waals surface area contributed by atoms with Crippen molar-refractivity contribution in [3.63, 3.8) is 0 Å². The Bertz CT molecular complexity index is 608. The fourth-order valence-corrected chi connectivity index (χ4v) is 3.22. The topological polar surface area (TPSA) is 66.9 Å². The number of nitrogens with zero attached hydrogens (tertiary/aromatic N) is 2. The Morgan fingerprint density at radius 3 is 3.18 bits per heavy atom. The molecule has 0 aliphatic carbocycles. The first-order valence-corrected chi connectivity index (χ1v) is 8.55. The van der Waals surface area contributed by atoms with Crippen LogP contribution in [0, 0.1) is 0 Å². The number of aromatic nitrogens is 2. The maximum atomic E-state index is 11.9. The van der Waals surface area contributed by atoms with Gasteiger partial charge >= 0.3 is 0 Å². The number of nitrogens with one attached hydrogen (secondary N) is 2. The molecule has 1 saturated heterocycles. The van der Waals surface area contributed by atoms with Gasteiger partial charge in [-0.15, -0.1) is 11.3 Å². The minimum Gasteiger partial charge on any atom is -0.316 e. The maximum absolute atomic E-state index is 11.9. The monoisotopic (exact) mass is 316 g/mol. The summed E-state index contributed by atoms with van der Waals surface area (Å²) in [6.45, 7) is 2.11. The van der Waals surface area contributed by atoms with Gasteiger partial charge in [0.05, 0.1) is 0 Å². The first-order valence-electron chi connectivity index (χ1n) is 7.67. The number of thiazole rings is 1. The van der Waals surface area contributed by atoms with Crippen molar-refractivity contribution in [2.24, 2.45) is 0 Å². The zero-order valence-electron chi connectivity index (χ0n) is 12.4. The van der Waals surface area contributed by atoms with Crippen LogP contribution in [0.25, 0.3) is 0 Å². The molecule has 0 radical (unpaired) electrons. The highest BCUT2D eigenvalue weighted by Gasteiger charge is 2.16. The van der Waals surface area contributed by atoms with Gasteiger partial charge in [-0.1, -0.05) is 6.07 Å². The third-order valence-corrected chi connectivity index (χ3v) is 4.52. The minimum atomic E-state index is -0.0125. The molecule has 1 atom stereocenters. The van der Waals surface area contributed by atoms with Crippen molar-refractivity contribution in [2.75, 3.05) is 18.4 Å². The number of pyridine rings is 1. The van der Waals surface area contributed by atoms with Crippen LogP contribution in [0.3, 0.4) is 0 Å². The fourth-order valence-electron chi connectivity index (χ4n) is 2.68. The van der Waals surface area contributed by atoms with Crippen LogP contribution in [0.4, 0.5) is 5.13 Å². The lowest BCUT2D eigenvalue weighted by Crippen LogP contribution is -2.28. The summed E-state index contributed by atoms with van der Waals surface area (Å²) >= 11 is 1.43. The Morgan fingerprint density at radius 1 is 1.45 bits per heavy atom. The summed E-state index contributed by atoms with van der Waals surface area (Å²) in [5.74, 6) is 0.485. The zero-order chi connectivity index (χ0) is 15.2. The van der Waals surface area contributed by atoms with E-state index in [1.165, 1.54) is 24.2 Å². The average molecular weight is 316 g/mol. The summed E-state index contributed by atoms with van der Waals surface area (Å²) in [4.78, 5) is 20.7. The molecule has 5 nitrogen and oxygen atoms in total. The summed E-state index contributed by atoms with van der Waals surface area (Å²) in [6, 6.07) is 6.14. The van der Waals surface area contributed by atoms with Gasteiger partial charge in [-0.25, -0.2) is 4.98 Å². The van der Waals surface area contributed by atoms with E-state index < -0.39 is 0 Å². The Labute approximate surface area is 134 Å². The lowest BCUT2D eigenvalue weighted by atomic mass is 9.95. The first-order chi connectivity index (χ1) is 10.8. The predicted octanol–water partition coefficient (Wildman–Crippen LogP) is 2.58. The minimum absolute atomic E-state index is 0.0125. The van der Waals surface area contributed by atoms with Crippen LogP contribution in [0.1, 0.15) is 36.6 Å². The number of piperidine rings is 1. The number of rotatable bonds is 5. The zero-order valence-corrected chi connectivity index (χ0v) is 13.2. The number of carbonyl (C=O) groups is 1. The molecule has 116 valence electrons. The van der Waals surface area contributed by atoms with Gasteiger partial charge in [-0.3, -0.25) is 9.78 Å². The van der Waals surface area contributed by atoms with Crippen molar-refractivity contribution < 1.29 is 4.79 Å². The van der Waals surface area contributed by atoms with Crippen LogP contribution in [0.15, 0.2) is 29.8 Å². The van der Waals surface area contributed by atoms with E-state index in [0.29, 0.717) is 23.9 Å². The lowest BCUT2D eigenvalue weighted by molar-refractivity contribution is -0.116. The average Bonchev–Trinajstić information content (AvgIpc) is 3.07. The van der Waals surface area contributed by atoms with Crippen molar-refractivity contribution in [2.45, 2.75) is 31.6 Å². The molecule has 1 unspecified atom stereocenters. The third-order valence-electron chi connectivity index (χ3n) is 3.83. The van der Waals surface area contributed by atoms with E-state index in [2.05, 4.69) is 21.7 Å². The molecule has 1 aliphatic heterocycles. The molecule has 3 heterocycles. The Balaban J connectivity index is 1.54. The van der Waals surface area contributed by atoms with Gasteiger partial charge in [0.2, 0.25) is 5.91 Å². The van der Waals surface area contributed by atoms with Gasteiger partial charge < -0.3 is 10.6 Å². The maximum Gasteiger partial charge on any atom is 0.226 e. The van der Waals surface area contributed by atoms with Crippen LogP contribution >= 0.6 is 11.3 Å². The molecule has 2 aromatic heterocycles. The molecule has 0 bridgehead atoms. The highest BCUT2D eigenvalue weighted by Crippen LogP contribution is 2.21. The van der Waals surface area contributed by atoms with Gasteiger partial charge in [0.25, 0.3) is 0 Å². The third kappa shape index (κ3) is 4.11. The molecule has 1 aliphatic rings. The van der Waals surface area contributed by atoms with Crippen LogP contribution < -0.4 is 10.6 Å². The van der Waals surface area contributed by atoms with Gasteiger partial charge in [0, 0.05) is 41.8 Å². The molecule has 0 aromatic carbocycles. The fraction of sp³-hybridized carbons (Fsp3) is 0.438. The van der Waals surface area contributed by atoms with Crippen molar-refractivity contribution in [3.8, 4) is 0 Å². The molecule has 1 amide bonds. The van der Waals surface area contributed by atoms with E-state index in [-0.39, 0.29) is 5.91 Å². The highest BCUT2D eigenvalue weighted by atomic mass is 32.1. The Kier molecular flexibility index (Phi) is 5.13. The molecule has 2 aromatic rings. The smallest absolute Gasteiger partial charge is 0.226 e. The first kappa shape index (κ1) is 15.1. The van der Waals surface area contributed by atoms with Crippen molar-refractivity contribution in [3.05, 3.63) is 41.2 Å². The second-order valence-electron chi connectivity index (χ2n) is 5.48. The Morgan fingerprint density at radius 2 is 2.41 bits per heavy atom. The van der Waals surface area contributed by atoms with Crippen LogP contribution in [-0.2, 0) is 11.2 Å². The van der Waals surface area contributed by atoms with Crippen LogP contribution in [-0.4, -0.2) is 29.0 Å². The lowest BCUT2D eigenvalue weighted by Gasteiger charge is -2.22. The summed E-state index contributed by atoms with van der Waals surface area (Å²) in [5, 5.41) is 8.72. The van der Waals surface area contributed by atoms with E-state index in [4.69, 9.17) is 4.98 Å². The number of carbonyl (C=O) groups excluding carboxylic acids is 1. The molecule has 6 heteroatoms. The molecule has 2 N–H and O–H groups in total. The van der Waals surface area contributed by atoms with E-state index in [1.54, 1.807) is 6.20 Å². The number of hydrogen-bond acceptors (Lipinski definition) is 5. The summed E-state index contributed by atoms with van der Waals surface area (Å²) in [6.07, 6.45) is 5.16. The molecule has 0 spiro atoms. The van der Waals surface area contributed by atoms with E-state index in [0.717, 1.165) is 24.5 Å². The standard InChI is InChI=1S/C16H20N4OS/c21-15(20-16-18-9-10-22-16)7-6-13-4-1-5-14(19-13)12-3-2-8-17-11-12/h1,4-5,9-10,12,17H,2-3,6-8,11H2,(H,18,20,21). The summed E-state index contributed by atoms with van der Waals surface area (Å²) in [5.41, 5.74) is 2.13. The van der Waals surface area contributed by atoms with Gasteiger partial charge in [0.1, 0.15) is 0 Å². The largest absolute Gasteiger partial charge is 0.316 e. The summed E-state index contributed by atoms with van der Waals surface area (Å²) < 4.78 is 0. The molecule has 22 heavy (non-hydrogen) atoms. The van der Waals surface area contributed by atoms with Crippen molar-refractivity contribution in [1.29, 1.82) is 0 Å². The second kappa shape index (κ2) is 7.47. The van der Waals surface area contributed by atoms with Crippen molar-refractivity contribution in [1.82, 2.24) is 15.3 Å². The van der Waals surface area contributed by atoms with E-state index >= 15 is 0 Å². The quantitative estimate of drug-likeness (QED) is 0.890. The number of amides is 1. The van der Waals surface area contributed by atoms with Crippen LogP contribution in [0.5, 0.6) is 0 Å². The van der Waals surface area contributed by atoms with Crippen LogP contribution in [0.2, 0.25) is 0 Å². The van der Waals surface area contributed by atoms with Crippen molar-refractivity contribution >= 4 is 22.4 Å². The number of aryl methyl sites for hydroxylation is 1. The number of anilines is 1. The van der Waals surface area contributed by atoms with Gasteiger partial charge in [-0.2, -0.15) is 0 Å². The highest BCUT2D eigenvalue weighted by molar-refractivity contribution is 7.13. The van der Waals surface area contributed by atoms with Gasteiger partial charge in [-0.05, 0) is 37.9 Å². The van der Waals surface area contributed by atoms with Gasteiger partial charge in [0.15, 0.2) is 5.13 Å². The molecular weight excluding hydrogens is 296 g/mol. The Hall–Kier alpha value is -1.79. The second-order valence-corrected chi connectivity index (χ2v) is 6.38. The van der Waals surface area contributed by atoms with E-state index in [9.17, 15) is 4.79 Å².